The van der Waals surface area contributed by atoms with E-state index in [0.29, 0.717) is 0 Å². The number of ether oxygens (including phenoxy) is 1. The molecule has 0 atom stereocenters. The van der Waals surface area contributed by atoms with Crippen LogP contribution in [0.5, 0.6) is 0 Å². The van der Waals surface area contributed by atoms with Gasteiger partial charge in [-0.2, -0.15) is 5.26 Å². The van der Waals surface area contributed by atoms with Gasteiger partial charge in [0, 0.05) is 6.07 Å². The highest BCUT2D eigenvalue weighted by atomic mass is 32.1. The van der Waals surface area contributed by atoms with Crippen molar-refractivity contribution >= 4 is 24.3 Å². The van der Waals surface area contributed by atoms with Gasteiger partial charge in [-0.3, -0.25) is 10.1 Å². The molecule has 88 valence electrons. The van der Waals surface area contributed by atoms with Gasteiger partial charge in [-0.1, -0.05) is 0 Å². The minimum Gasteiger partial charge on any atom is -0.462 e. The fourth-order valence-electron chi connectivity index (χ4n) is 1.23. The predicted molar refractivity (Wildman–Crippen MR) is 61.0 cm³/mol. The van der Waals surface area contributed by atoms with Crippen molar-refractivity contribution in [2.75, 3.05) is 6.61 Å². The molecule has 0 heterocycles. The Kier molecular flexibility index (Phi) is 4.06. The molecular formula is C10H8N2O4S. The standard InChI is InChI=1S/C10H8N2O4S/c1-2-16-10(13)8-6(5-11)3-4-7(9(8)17)12(14)15/h3-4,17H,2H2,1H3. The summed E-state index contributed by atoms with van der Waals surface area (Å²) in [6, 6.07) is 4.10. The summed E-state index contributed by atoms with van der Waals surface area (Å²) in [5.74, 6) is -0.794. The van der Waals surface area contributed by atoms with Crippen LogP contribution in [0.15, 0.2) is 17.0 Å². The zero-order chi connectivity index (χ0) is 13.0. The Bertz CT molecular complexity index is 522. The highest BCUT2D eigenvalue weighted by molar-refractivity contribution is 7.80. The lowest BCUT2D eigenvalue weighted by Crippen LogP contribution is -2.09. The van der Waals surface area contributed by atoms with Crippen LogP contribution in [-0.4, -0.2) is 17.5 Å². The van der Waals surface area contributed by atoms with Crippen molar-refractivity contribution in [2.24, 2.45) is 0 Å². The van der Waals surface area contributed by atoms with Gasteiger partial charge in [-0.05, 0) is 13.0 Å². The first kappa shape index (κ1) is 13.0. The van der Waals surface area contributed by atoms with E-state index in [-0.39, 0.29) is 28.3 Å². The number of nitro groups is 1. The third-order valence-corrected chi connectivity index (χ3v) is 2.41. The van der Waals surface area contributed by atoms with E-state index in [1.54, 1.807) is 13.0 Å². The SMILES string of the molecule is CCOC(=O)c1c(C#N)ccc([N+](=O)[O-])c1S. The molecule has 0 radical (unpaired) electrons. The molecule has 0 bridgehead atoms. The molecule has 0 saturated carbocycles. The quantitative estimate of drug-likeness (QED) is 0.384. The average molecular weight is 252 g/mol. The number of hydrogen-bond donors (Lipinski definition) is 1. The smallest absolute Gasteiger partial charge is 0.340 e. The van der Waals surface area contributed by atoms with Crippen LogP contribution in [0.3, 0.4) is 0 Å². The van der Waals surface area contributed by atoms with E-state index in [9.17, 15) is 14.9 Å². The van der Waals surface area contributed by atoms with E-state index in [4.69, 9.17) is 10.00 Å². The van der Waals surface area contributed by atoms with Gasteiger partial charge in [0.1, 0.15) is 6.07 Å². The summed E-state index contributed by atoms with van der Waals surface area (Å²) in [5, 5.41) is 19.5. The van der Waals surface area contributed by atoms with Crippen molar-refractivity contribution in [3.63, 3.8) is 0 Å². The summed E-state index contributed by atoms with van der Waals surface area (Å²) in [5.41, 5.74) is -0.513. The summed E-state index contributed by atoms with van der Waals surface area (Å²) in [6.07, 6.45) is 0. The van der Waals surface area contributed by atoms with Gasteiger partial charge in [-0.25, -0.2) is 4.79 Å². The second-order valence-corrected chi connectivity index (χ2v) is 3.39. The van der Waals surface area contributed by atoms with E-state index in [0.717, 1.165) is 6.07 Å². The molecule has 17 heavy (non-hydrogen) atoms. The Labute approximate surface area is 102 Å². The van der Waals surface area contributed by atoms with Crippen LogP contribution in [0.4, 0.5) is 5.69 Å². The summed E-state index contributed by atoms with van der Waals surface area (Å²) < 4.78 is 4.72. The van der Waals surface area contributed by atoms with Crippen molar-refractivity contribution in [1.82, 2.24) is 0 Å². The first-order valence-electron chi connectivity index (χ1n) is 4.60. The molecule has 0 N–H and O–H groups in total. The molecule has 0 fully saturated rings. The third-order valence-electron chi connectivity index (χ3n) is 1.95. The van der Waals surface area contributed by atoms with Crippen LogP contribution in [0, 0.1) is 21.4 Å². The molecule has 0 unspecified atom stereocenters. The Morgan fingerprint density at radius 3 is 2.76 bits per heavy atom. The third kappa shape index (κ3) is 2.54. The average Bonchev–Trinajstić information content (AvgIpc) is 2.27. The summed E-state index contributed by atoms with van der Waals surface area (Å²) in [7, 11) is 0. The number of carbonyl (C=O) groups excluding carboxylic acids is 1. The number of esters is 1. The molecule has 0 saturated heterocycles. The van der Waals surface area contributed by atoms with E-state index < -0.39 is 10.9 Å². The maximum atomic E-state index is 11.6. The lowest BCUT2D eigenvalue weighted by Gasteiger charge is -2.06. The van der Waals surface area contributed by atoms with Gasteiger partial charge in [0.25, 0.3) is 5.69 Å². The normalized spacial score (nSPS) is 9.47. The zero-order valence-electron chi connectivity index (χ0n) is 8.84. The predicted octanol–water partition coefficient (Wildman–Crippen LogP) is 1.93. The topological polar surface area (TPSA) is 93.2 Å². The Balaban J connectivity index is 3.44. The van der Waals surface area contributed by atoms with Gasteiger partial charge in [0.15, 0.2) is 0 Å². The highest BCUT2D eigenvalue weighted by Gasteiger charge is 2.23. The van der Waals surface area contributed by atoms with Gasteiger partial charge < -0.3 is 4.74 Å². The molecule has 0 spiro atoms. The monoisotopic (exact) mass is 252 g/mol. The van der Waals surface area contributed by atoms with Crippen molar-refractivity contribution in [1.29, 1.82) is 5.26 Å². The molecule has 0 amide bonds. The molecule has 0 aliphatic carbocycles. The van der Waals surface area contributed by atoms with Gasteiger partial charge in [-0.15, -0.1) is 12.6 Å². The Morgan fingerprint density at radius 1 is 1.65 bits per heavy atom. The number of nitro benzene ring substituents is 1. The summed E-state index contributed by atoms with van der Waals surface area (Å²) in [6.45, 7) is 1.71. The molecule has 0 aliphatic rings. The lowest BCUT2D eigenvalue weighted by molar-refractivity contribution is -0.387. The van der Waals surface area contributed by atoms with Crippen LogP contribution in [-0.2, 0) is 4.74 Å². The minimum atomic E-state index is -0.794. The fourth-order valence-corrected chi connectivity index (χ4v) is 1.60. The first-order valence-corrected chi connectivity index (χ1v) is 5.05. The van der Waals surface area contributed by atoms with E-state index in [2.05, 4.69) is 12.6 Å². The minimum absolute atomic E-state index is 0.000880. The largest absolute Gasteiger partial charge is 0.462 e. The lowest BCUT2D eigenvalue weighted by atomic mass is 10.1. The molecular weight excluding hydrogens is 244 g/mol. The number of hydrogen-bond acceptors (Lipinski definition) is 6. The van der Waals surface area contributed by atoms with Gasteiger partial charge >= 0.3 is 5.97 Å². The maximum absolute atomic E-state index is 11.6. The van der Waals surface area contributed by atoms with Crippen molar-refractivity contribution < 1.29 is 14.5 Å². The molecule has 0 aromatic heterocycles. The van der Waals surface area contributed by atoms with Gasteiger partial charge in [0.2, 0.25) is 0 Å². The maximum Gasteiger partial charge on any atom is 0.340 e. The van der Waals surface area contributed by atoms with E-state index >= 15 is 0 Å². The van der Waals surface area contributed by atoms with E-state index in [1.807, 2.05) is 0 Å². The zero-order valence-corrected chi connectivity index (χ0v) is 9.73. The molecule has 7 heteroatoms. The Morgan fingerprint density at radius 2 is 2.29 bits per heavy atom. The second kappa shape index (κ2) is 5.32. The molecule has 1 rings (SSSR count). The molecule has 1 aromatic rings. The first-order chi connectivity index (χ1) is 8.02. The van der Waals surface area contributed by atoms with Crippen LogP contribution < -0.4 is 0 Å². The number of carbonyl (C=O) groups is 1. The summed E-state index contributed by atoms with van der Waals surface area (Å²) in [4.78, 5) is 21.4. The number of thiol groups is 1. The van der Waals surface area contributed by atoms with Crippen LogP contribution in [0.25, 0.3) is 0 Å². The Hall–Kier alpha value is -2.07. The summed E-state index contributed by atoms with van der Waals surface area (Å²) >= 11 is 3.91. The van der Waals surface area contributed by atoms with E-state index in [1.165, 1.54) is 6.07 Å². The fraction of sp³-hybridized carbons (Fsp3) is 0.200. The van der Waals surface area contributed by atoms with Crippen molar-refractivity contribution in [3.8, 4) is 6.07 Å². The number of benzene rings is 1. The highest BCUT2D eigenvalue weighted by Crippen LogP contribution is 2.29. The number of nitriles is 1. The molecule has 6 nitrogen and oxygen atoms in total. The van der Waals surface area contributed by atoms with Crippen molar-refractivity contribution in [2.45, 2.75) is 11.8 Å². The molecule has 0 aliphatic heterocycles. The van der Waals surface area contributed by atoms with Crippen LogP contribution in [0.1, 0.15) is 22.8 Å². The number of nitrogens with zero attached hydrogens (tertiary/aromatic N) is 2. The van der Waals surface area contributed by atoms with Crippen LogP contribution >= 0.6 is 12.6 Å². The molecule has 1 aromatic carbocycles. The second-order valence-electron chi connectivity index (χ2n) is 2.95. The van der Waals surface area contributed by atoms with Crippen molar-refractivity contribution in [3.05, 3.63) is 33.4 Å². The number of rotatable bonds is 3. The van der Waals surface area contributed by atoms with Crippen LogP contribution in [0.2, 0.25) is 0 Å². The van der Waals surface area contributed by atoms with Gasteiger partial charge in [0.05, 0.1) is 27.6 Å².